The molecule has 3 unspecified atom stereocenters. The van der Waals surface area contributed by atoms with E-state index >= 15 is 0 Å². The van der Waals surface area contributed by atoms with Gasteiger partial charge in [-0.2, -0.15) is 0 Å². The van der Waals surface area contributed by atoms with Crippen molar-refractivity contribution >= 4 is 23.7 Å². The maximum atomic E-state index is 13.7. The third-order valence-electron chi connectivity index (χ3n) is 7.62. The first-order valence-corrected chi connectivity index (χ1v) is 12.6. The van der Waals surface area contributed by atoms with Crippen LogP contribution in [0.4, 0.5) is 0 Å². The molecule has 3 saturated heterocycles. The molecule has 3 heterocycles. The van der Waals surface area contributed by atoms with Gasteiger partial charge >= 0.3 is 0 Å². The van der Waals surface area contributed by atoms with E-state index in [1.165, 1.54) is 0 Å². The van der Waals surface area contributed by atoms with Gasteiger partial charge in [-0.3, -0.25) is 24.3 Å². The molecule has 4 rings (SSSR count). The highest BCUT2D eigenvalue weighted by Gasteiger charge is 2.73. The van der Waals surface area contributed by atoms with E-state index in [1.807, 2.05) is 25.7 Å². The van der Waals surface area contributed by atoms with Crippen LogP contribution < -0.4 is 22.1 Å². The summed E-state index contributed by atoms with van der Waals surface area (Å²) < 4.78 is 0. The number of nitrogens with one attached hydrogen (secondary N) is 2. The van der Waals surface area contributed by atoms with Gasteiger partial charge in [-0.1, -0.05) is 13.8 Å². The summed E-state index contributed by atoms with van der Waals surface area (Å²) in [6.45, 7) is 11.2. The number of aliphatic imine (C=N–C) groups is 1. The SMILES string of the molecule is CC(C)C[C@H]1[C@@H]2C(C(=O)NC(C)(C)C)N3CCC4CC43C(=O)N[C@@H](CCCN=C(N)N)C(=O)N12. The summed E-state index contributed by atoms with van der Waals surface area (Å²) in [6.07, 6.45) is 3.51. The molecule has 3 aliphatic heterocycles. The number of amides is 3. The third-order valence-corrected chi connectivity index (χ3v) is 7.62. The molecule has 1 saturated carbocycles. The summed E-state index contributed by atoms with van der Waals surface area (Å²) in [5.41, 5.74) is 9.77. The molecular weight excluding hydrogens is 434 g/mol. The van der Waals surface area contributed by atoms with Crippen molar-refractivity contribution in [2.24, 2.45) is 28.3 Å². The van der Waals surface area contributed by atoms with Gasteiger partial charge in [0.05, 0.1) is 12.1 Å². The minimum atomic E-state index is -0.681. The standard InChI is InChI=1S/C24H41N7O3/c1-13(2)11-16-17-18(19(32)29-23(3,4)5)30-10-8-14-12-24(14,30)21(34)28-15(20(33)31(16)17)7-6-9-27-22(25)26/h13-18H,6-12H2,1-5H3,(H,28,34)(H,29,32)(H4,25,26,27)/t14?,15-,16-,17+,18?,24?,31?/m0/s1. The van der Waals surface area contributed by atoms with E-state index in [-0.39, 0.29) is 41.7 Å². The molecule has 0 bridgehead atoms. The first-order chi connectivity index (χ1) is 15.9. The molecule has 0 aromatic heterocycles. The number of fused-ring (bicyclic) bond motifs is 1. The van der Waals surface area contributed by atoms with Gasteiger partial charge < -0.3 is 27.0 Å². The highest BCUT2D eigenvalue weighted by atomic mass is 16.2. The van der Waals surface area contributed by atoms with Gasteiger partial charge in [0.15, 0.2) is 5.96 Å². The molecule has 3 amide bonds. The molecule has 0 radical (unpaired) electrons. The van der Waals surface area contributed by atoms with Crippen LogP contribution in [0.2, 0.25) is 0 Å². The largest absolute Gasteiger partial charge is 0.370 e. The Morgan fingerprint density at radius 3 is 2.59 bits per heavy atom. The van der Waals surface area contributed by atoms with Crippen LogP contribution in [0.5, 0.6) is 0 Å². The van der Waals surface area contributed by atoms with Crippen LogP contribution in [0.3, 0.4) is 0 Å². The number of hydrogen-bond donors (Lipinski definition) is 4. The Balaban J connectivity index is 1.67. The summed E-state index contributed by atoms with van der Waals surface area (Å²) in [7, 11) is 0. The van der Waals surface area contributed by atoms with Crippen molar-refractivity contribution in [1.82, 2.24) is 20.4 Å². The Morgan fingerprint density at radius 2 is 2.00 bits per heavy atom. The van der Waals surface area contributed by atoms with Gasteiger partial charge in [0.25, 0.3) is 0 Å². The minimum Gasteiger partial charge on any atom is -0.370 e. The number of rotatable bonds is 7. The van der Waals surface area contributed by atoms with Gasteiger partial charge in [0.2, 0.25) is 17.7 Å². The summed E-state index contributed by atoms with van der Waals surface area (Å²) in [5.74, 6) is 0.331. The van der Waals surface area contributed by atoms with Crippen molar-refractivity contribution in [3.05, 3.63) is 0 Å². The van der Waals surface area contributed by atoms with Crippen LogP contribution in [0.15, 0.2) is 4.99 Å². The second kappa shape index (κ2) is 8.70. The Morgan fingerprint density at radius 1 is 1.29 bits per heavy atom. The number of piperidine rings is 1. The van der Waals surface area contributed by atoms with E-state index < -0.39 is 23.2 Å². The van der Waals surface area contributed by atoms with E-state index in [1.54, 1.807) is 0 Å². The zero-order valence-corrected chi connectivity index (χ0v) is 21.1. The van der Waals surface area contributed by atoms with Crippen molar-refractivity contribution in [1.29, 1.82) is 0 Å². The number of carbonyl (C=O) groups is 3. The monoisotopic (exact) mass is 475 g/mol. The lowest BCUT2D eigenvalue weighted by Crippen LogP contribution is -2.60. The number of nitrogens with zero attached hydrogens (tertiary/aromatic N) is 3. The average molecular weight is 476 g/mol. The first kappa shape index (κ1) is 24.8. The predicted molar refractivity (Wildman–Crippen MR) is 130 cm³/mol. The summed E-state index contributed by atoms with van der Waals surface area (Å²) in [5, 5.41) is 6.22. The third kappa shape index (κ3) is 4.48. The van der Waals surface area contributed by atoms with Gasteiger partial charge in [0.1, 0.15) is 17.6 Å². The number of carbonyl (C=O) groups excluding carboxylic acids is 3. The van der Waals surface area contributed by atoms with Gasteiger partial charge in [0, 0.05) is 18.6 Å². The van der Waals surface area contributed by atoms with E-state index in [0.29, 0.717) is 31.8 Å². The van der Waals surface area contributed by atoms with Crippen molar-refractivity contribution in [3.63, 3.8) is 0 Å². The van der Waals surface area contributed by atoms with Gasteiger partial charge in [-0.05, 0) is 64.7 Å². The molecule has 6 atom stereocenters. The smallest absolute Gasteiger partial charge is 0.245 e. The van der Waals surface area contributed by atoms with Crippen LogP contribution in [-0.4, -0.2) is 81.8 Å². The van der Waals surface area contributed by atoms with E-state index in [0.717, 1.165) is 19.3 Å². The van der Waals surface area contributed by atoms with Crippen LogP contribution in [0, 0.1) is 11.8 Å². The Bertz CT molecular complexity index is 878. The quantitative estimate of drug-likeness (QED) is 0.175. The predicted octanol–water partition coefficient (Wildman–Crippen LogP) is -0.0884. The molecule has 1 aliphatic carbocycles. The summed E-state index contributed by atoms with van der Waals surface area (Å²) >= 11 is 0. The molecule has 1 spiro atoms. The lowest BCUT2D eigenvalue weighted by molar-refractivity contribution is -0.135. The minimum absolute atomic E-state index is 0.00622. The zero-order chi connectivity index (χ0) is 25.0. The van der Waals surface area contributed by atoms with Crippen molar-refractivity contribution in [2.45, 2.75) is 102 Å². The fraction of sp³-hybridized carbons (Fsp3) is 0.833. The molecule has 190 valence electrons. The molecule has 0 aromatic rings. The van der Waals surface area contributed by atoms with Crippen molar-refractivity contribution < 1.29 is 14.4 Å². The first-order valence-electron chi connectivity index (χ1n) is 12.6. The van der Waals surface area contributed by atoms with Crippen LogP contribution in [0.1, 0.15) is 66.7 Å². The molecule has 10 heteroatoms. The summed E-state index contributed by atoms with van der Waals surface area (Å²) in [4.78, 5) is 49.0. The number of hydrogen-bond acceptors (Lipinski definition) is 5. The van der Waals surface area contributed by atoms with Crippen LogP contribution in [-0.2, 0) is 14.4 Å². The maximum Gasteiger partial charge on any atom is 0.245 e. The van der Waals surface area contributed by atoms with E-state index in [4.69, 9.17) is 11.5 Å². The van der Waals surface area contributed by atoms with Crippen molar-refractivity contribution in [3.8, 4) is 0 Å². The zero-order valence-electron chi connectivity index (χ0n) is 21.1. The number of guanidine groups is 1. The van der Waals surface area contributed by atoms with E-state index in [2.05, 4.69) is 34.4 Å². The molecule has 4 aliphatic rings. The average Bonchev–Trinajstić information content (AvgIpc) is 3.56. The second-order valence-electron chi connectivity index (χ2n) is 11.9. The van der Waals surface area contributed by atoms with Gasteiger partial charge in [-0.25, -0.2) is 0 Å². The van der Waals surface area contributed by atoms with E-state index in [9.17, 15) is 14.4 Å². The maximum absolute atomic E-state index is 13.7. The second-order valence-corrected chi connectivity index (χ2v) is 11.9. The Kier molecular flexibility index (Phi) is 6.33. The highest BCUT2D eigenvalue weighted by molar-refractivity contribution is 5.98. The molecule has 10 nitrogen and oxygen atoms in total. The topological polar surface area (TPSA) is 146 Å². The molecule has 0 aromatic carbocycles. The Hall–Kier alpha value is -2.36. The number of nitrogens with two attached hydrogens (primary N) is 2. The normalized spacial score (nSPS) is 34.8. The molecule has 6 N–H and O–H groups in total. The van der Waals surface area contributed by atoms with Gasteiger partial charge in [-0.15, -0.1) is 0 Å². The van der Waals surface area contributed by atoms with Crippen LogP contribution in [0.25, 0.3) is 0 Å². The lowest BCUT2D eigenvalue weighted by atomic mass is 9.98. The van der Waals surface area contributed by atoms with Crippen LogP contribution >= 0.6 is 0 Å². The molecule has 4 fully saturated rings. The lowest BCUT2D eigenvalue weighted by Gasteiger charge is -2.35. The molecule has 34 heavy (non-hydrogen) atoms. The fourth-order valence-corrected chi connectivity index (χ4v) is 6.16. The fourth-order valence-electron chi connectivity index (χ4n) is 6.16. The summed E-state index contributed by atoms with van der Waals surface area (Å²) in [6, 6.07) is -1.39. The Labute approximate surface area is 202 Å². The molecular formula is C24H41N7O3. The highest BCUT2D eigenvalue weighted by Crippen LogP contribution is 2.58. The van der Waals surface area contributed by atoms with Crippen molar-refractivity contribution in [2.75, 3.05) is 13.1 Å².